The molecule has 2 aromatic heterocycles. The summed E-state index contributed by atoms with van der Waals surface area (Å²) < 4.78 is 4.71. The molecule has 0 aliphatic rings. The molecule has 0 saturated heterocycles. The summed E-state index contributed by atoms with van der Waals surface area (Å²) in [5.41, 5.74) is 0. The number of hydrogen-bond acceptors (Lipinski definition) is 5. The number of aryl methyl sites for hydroxylation is 1. The quantitative estimate of drug-likeness (QED) is 0.817. The highest BCUT2D eigenvalue weighted by molar-refractivity contribution is 7.12. The van der Waals surface area contributed by atoms with Crippen LogP contribution in [-0.4, -0.2) is 16.0 Å². The molecule has 1 N–H and O–H groups in total. The molecule has 0 aromatic carbocycles. The normalized spacial score (nSPS) is 10.1. The van der Waals surface area contributed by atoms with Crippen molar-refractivity contribution in [2.45, 2.75) is 6.92 Å². The van der Waals surface area contributed by atoms with E-state index < -0.39 is 0 Å². The van der Waals surface area contributed by atoms with Crippen LogP contribution in [0, 0.1) is 6.92 Å². The molecule has 0 fully saturated rings. The summed E-state index contributed by atoms with van der Waals surface area (Å²) in [6.07, 6.45) is 0. The molecule has 0 aliphatic carbocycles. The lowest BCUT2D eigenvalue weighted by Gasteiger charge is -1.94. The van der Waals surface area contributed by atoms with Crippen molar-refractivity contribution in [2.75, 3.05) is 5.32 Å². The summed E-state index contributed by atoms with van der Waals surface area (Å²) in [6.45, 7) is 1.66. The number of amides is 1. The molecule has 0 bridgehead atoms. The summed E-state index contributed by atoms with van der Waals surface area (Å²) in [6, 6.07) is 3.54. The van der Waals surface area contributed by atoms with Gasteiger partial charge in [-0.25, -0.2) is 0 Å². The van der Waals surface area contributed by atoms with Crippen molar-refractivity contribution in [3.05, 3.63) is 28.3 Å². The van der Waals surface area contributed by atoms with Crippen molar-refractivity contribution in [3.63, 3.8) is 0 Å². The predicted molar refractivity (Wildman–Crippen MR) is 51.3 cm³/mol. The lowest BCUT2D eigenvalue weighted by Crippen LogP contribution is -2.11. The topological polar surface area (TPSA) is 68.0 Å². The Balaban J connectivity index is 2.09. The second-order valence-electron chi connectivity index (χ2n) is 2.57. The van der Waals surface area contributed by atoms with Gasteiger partial charge in [-0.1, -0.05) is 6.07 Å². The maximum Gasteiger partial charge on any atom is 0.270 e. The Morgan fingerprint density at radius 2 is 2.50 bits per heavy atom. The number of hydrogen-bond donors (Lipinski definition) is 1. The van der Waals surface area contributed by atoms with Crippen LogP contribution >= 0.6 is 11.3 Å². The number of anilines is 1. The Morgan fingerprint density at radius 3 is 3.07 bits per heavy atom. The zero-order valence-electron chi connectivity index (χ0n) is 7.35. The number of rotatable bonds is 2. The van der Waals surface area contributed by atoms with Crippen LogP contribution in [0.1, 0.15) is 15.6 Å². The fourth-order valence-electron chi connectivity index (χ4n) is 0.921. The SMILES string of the molecule is Cc1nc(NC(=O)c2cccs2)no1. The molecule has 2 aromatic rings. The minimum Gasteiger partial charge on any atom is -0.338 e. The van der Waals surface area contributed by atoms with E-state index >= 15 is 0 Å². The number of nitrogens with one attached hydrogen (secondary N) is 1. The molecular weight excluding hydrogens is 202 g/mol. The molecule has 0 radical (unpaired) electrons. The van der Waals surface area contributed by atoms with Crippen LogP contribution in [0.2, 0.25) is 0 Å². The van der Waals surface area contributed by atoms with Gasteiger partial charge in [0.05, 0.1) is 4.88 Å². The molecule has 1 amide bonds. The van der Waals surface area contributed by atoms with Crippen LogP contribution in [0.3, 0.4) is 0 Å². The molecule has 5 nitrogen and oxygen atoms in total. The lowest BCUT2D eigenvalue weighted by molar-refractivity contribution is 0.102. The van der Waals surface area contributed by atoms with E-state index in [0.29, 0.717) is 10.8 Å². The van der Waals surface area contributed by atoms with Crippen LogP contribution in [0.25, 0.3) is 0 Å². The first-order chi connectivity index (χ1) is 6.75. The van der Waals surface area contributed by atoms with Gasteiger partial charge >= 0.3 is 0 Å². The molecule has 72 valence electrons. The molecule has 2 heterocycles. The lowest BCUT2D eigenvalue weighted by atomic mass is 10.4. The van der Waals surface area contributed by atoms with Crippen molar-refractivity contribution >= 4 is 23.2 Å². The molecule has 0 unspecified atom stereocenters. The van der Waals surface area contributed by atoms with Gasteiger partial charge in [0.15, 0.2) is 0 Å². The maximum atomic E-state index is 11.5. The van der Waals surface area contributed by atoms with Crippen molar-refractivity contribution in [3.8, 4) is 0 Å². The Labute approximate surface area is 83.8 Å². The average molecular weight is 209 g/mol. The molecule has 2 rings (SSSR count). The van der Waals surface area contributed by atoms with Gasteiger partial charge in [-0.2, -0.15) is 4.98 Å². The standard InChI is InChI=1S/C8H7N3O2S/c1-5-9-8(11-13-5)10-7(12)6-3-2-4-14-6/h2-4H,1H3,(H,10,11,12). The van der Waals surface area contributed by atoms with Crippen LogP contribution < -0.4 is 5.32 Å². The Morgan fingerprint density at radius 1 is 1.64 bits per heavy atom. The molecule has 0 saturated carbocycles. The van der Waals surface area contributed by atoms with Crippen molar-refractivity contribution < 1.29 is 9.32 Å². The summed E-state index contributed by atoms with van der Waals surface area (Å²) in [4.78, 5) is 15.9. The van der Waals surface area contributed by atoms with Gasteiger partial charge in [0.25, 0.3) is 11.9 Å². The van der Waals surface area contributed by atoms with Crippen LogP contribution in [0.5, 0.6) is 0 Å². The molecule has 0 aliphatic heterocycles. The number of aromatic nitrogens is 2. The first-order valence-corrected chi connectivity index (χ1v) is 4.79. The van der Waals surface area contributed by atoms with E-state index in [1.54, 1.807) is 19.1 Å². The smallest absolute Gasteiger partial charge is 0.270 e. The maximum absolute atomic E-state index is 11.5. The van der Waals surface area contributed by atoms with E-state index in [2.05, 4.69) is 15.5 Å². The van der Waals surface area contributed by atoms with Gasteiger partial charge in [-0.15, -0.1) is 11.3 Å². The Bertz CT molecular complexity index is 435. The highest BCUT2D eigenvalue weighted by Gasteiger charge is 2.09. The van der Waals surface area contributed by atoms with Crippen LogP contribution in [-0.2, 0) is 0 Å². The minimum absolute atomic E-state index is 0.195. The molecule has 6 heteroatoms. The molecular formula is C8H7N3O2S. The van der Waals surface area contributed by atoms with E-state index in [-0.39, 0.29) is 11.9 Å². The number of nitrogens with zero attached hydrogens (tertiary/aromatic N) is 2. The monoisotopic (exact) mass is 209 g/mol. The average Bonchev–Trinajstić information content (AvgIpc) is 2.75. The van der Waals surface area contributed by atoms with E-state index in [1.165, 1.54) is 11.3 Å². The van der Waals surface area contributed by atoms with Gasteiger partial charge < -0.3 is 4.52 Å². The molecule has 14 heavy (non-hydrogen) atoms. The predicted octanol–water partition coefficient (Wildman–Crippen LogP) is 1.69. The molecule has 0 atom stereocenters. The van der Waals surface area contributed by atoms with Gasteiger partial charge in [-0.3, -0.25) is 10.1 Å². The zero-order chi connectivity index (χ0) is 9.97. The largest absolute Gasteiger partial charge is 0.338 e. The highest BCUT2D eigenvalue weighted by Crippen LogP contribution is 2.10. The first kappa shape index (κ1) is 8.89. The fourth-order valence-corrected chi connectivity index (χ4v) is 1.54. The Hall–Kier alpha value is -1.69. The van der Waals surface area contributed by atoms with Gasteiger partial charge in [-0.05, 0) is 16.6 Å². The third kappa shape index (κ3) is 1.80. The van der Waals surface area contributed by atoms with Crippen molar-refractivity contribution in [1.29, 1.82) is 0 Å². The number of carbonyl (C=O) groups excluding carboxylic acids is 1. The van der Waals surface area contributed by atoms with Crippen LogP contribution in [0.4, 0.5) is 5.95 Å². The number of carbonyl (C=O) groups is 1. The van der Waals surface area contributed by atoms with Gasteiger partial charge in [0.1, 0.15) is 0 Å². The summed E-state index contributed by atoms with van der Waals surface area (Å²) in [7, 11) is 0. The van der Waals surface area contributed by atoms with E-state index in [9.17, 15) is 4.79 Å². The van der Waals surface area contributed by atoms with Gasteiger partial charge in [0, 0.05) is 6.92 Å². The summed E-state index contributed by atoms with van der Waals surface area (Å²) >= 11 is 1.36. The van der Waals surface area contributed by atoms with E-state index in [0.717, 1.165) is 0 Å². The van der Waals surface area contributed by atoms with Crippen molar-refractivity contribution in [1.82, 2.24) is 10.1 Å². The zero-order valence-corrected chi connectivity index (χ0v) is 8.17. The van der Waals surface area contributed by atoms with E-state index in [4.69, 9.17) is 4.52 Å². The van der Waals surface area contributed by atoms with Gasteiger partial charge in [0.2, 0.25) is 5.89 Å². The van der Waals surface area contributed by atoms with Crippen molar-refractivity contribution in [2.24, 2.45) is 0 Å². The second kappa shape index (κ2) is 3.59. The molecule has 0 spiro atoms. The number of thiophene rings is 1. The van der Waals surface area contributed by atoms with E-state index in [1.807, 2.05) is 5.38 Å². The second-order valence-corrected chi connectivity index (χ2v) is 3.52. The minimum atomic E-state index is -0.221. The van der Waals surface area contributed by atoms with Crippen LogP contribution in [0.15, 0.2) is 22.0 Å². The third-order valence-corrected chi connectivity index (χ3v) is 2.37. The highest BCUT2D eigenvalue weighted by atomic mass is 32.1. The summed E-state index contributed by atoms with van der Waals surface area (Å²) in [5, 5.41) is 7.90. The Kier molecular flexibility index (Phi) is 2.28. The first-order valence-electron chi connectivity index (χ1n) is 3.91. The fraction of sp³-hybridized carbons (Fsp3) is 0.125. The third-order valence-electron chi connectivity index (χ3n) is 1.50. The summed E-state index contributed by atoms with van der Waals surface area (Å²) in [5.74, 6) is 0.396.